The number of ether oxygens (including phenoxy) is 3. The van der Waals surface area contributed by atoms with Gasteiger partial charge in [0.05, 0.1) is 39.0 Å². The Kier molecular flexibility index (Phi) is 8.25. The van der Waals surface area contributed by atoms with E-state index in [9.17, 15) is 5.21 Å². The molecule has 5 rings (SSSR count). The van der Waals surface area contributed by atoms with E-state index in [0.717, 1.165) is 23.2 Å². The topological polar surface area (TPSA) is 66.8 Å². The van der Waals surface area contributed by atoms with Crippen LogP contribution in [-0.4, -0.2) is 59.0 Å². The molecule has 2 fully saturated rings. The van der Waals surface area contributed by atoms with Gasteiger partial charge in [0.15, 0.2) is 5.84 Å². The van der Waals surface area contributed by atoms with Gasteiger partial charge in [-0.2, -0.15) is 0 Å². The summed E-state index contributed by atoms with van der Waals surface area (Å²) in [5.74, 6) is 0.651. The number of fused-ring (bicyclic) bond motifs is 1. The number of hydrogen-bond acceptors (Lipinski definition) is 6. The van der Waals surface area contributed by atoms with Crippen LogP contribution in [0.15, 0.2) is 96.2 Å². The van der Waals surface area contributed by atoms with Gasteiger partial charge in [-0.05, 0) is 16.7 Å². The maximum Gasteiger partial charge on any atom is 0.160 e. The van der Waals surface area contributed by atoms with Crippen molar-refractivity contribution in [3.8, 4) is 0 Å². The second kappa shape index (κ2) is 12.1. The number of rotatable bonds is 10. The summed E-state index contributed by atoms with van der Waals surface area (Å²) in [5.41, 5.74) is 3.35. The van der Waals surface area contributed by atoms with Crippen LogP contribution in [-0.2, 0) is 34.0 Å². The molecule has 0 unspecified atom stereocenters. The van der Waals surface area contributed by atoms with Crippen molar-refractivity contribution in [3.63, 3.8) is 0 Å². The van der Waals surface area contributed by atoms with Crippen LogP contribution in [0.1, 0.15) is 23.1 Å². The molecule has 3 aromatic rings. The second-order valence-electron chi connectivity index (χ2n) is 9.18. The molecule has 0 spiro atoms. The molecule has 1 N–H and O–H groups in total. The fourth-order valence-electron chi connectivity index (χ4n) is 4.92. The van der Waals surface area contributed by atoms with Crippen LogP contribution in [0.2, 0.25) is 0 Å². The van der Waals surface area contributed by atoms with Crippen LogP contribution < -0.4 is 0 Å². The fourth-order valence-corrected chi connectivity index (χ4v) is 4.92. The molecule has 0 saturated carbocycles. The number of nitrogens with zero attached hydrogens (tertiary/aromatic N) is 3. The zero-order valence-electron chi connectivity index (χ0n) is 20.4. The van der Waals surface area contributed by atoms with Crippen LogP contribution in [0.3, 0.4) is 0 Å². The van der Waals surface area contributed by atoms with E-state index in [0.29, 0.717) is 45.2 Å². The molecule has 188 valence electrons. The Labute approximate surface area is 212 Å². The van der Waals surface area contributed by atoms with E-state index < -0.39 is 0 Å². The van der Waals surface area contributed by atoms with E-state index in [-0.39, 0.29) is 18.2 Å². The summed E-state index contributed by atoms with van der Waals surface area (Å²) < 4.78 is 19.3. The lowest BCUT2D eigenvalue weighted by atomic mass is 10.0. The lowest BCUT2D eigenvalue weighted by molar-refractivity contribution is -0.198. The highest BCUT2D eigenvalue weighted by Crippen LogP contribution is 2.30. The first kappa shape index (κ1) is 24.5. The minimum Gasteiger partial charge on any atom is -0.409 e. The summed E-state index contributed by atoms with van der Waals surface area (Å²) in [4.78, 5) is 0. The molecule has 2 aliphatic rings. The standard InChI is InChI=1S/C29H33N3O4/c33-30-28-16-17-31-26(22-34-19-23-10-4-1-5-11-23)29(36-21-25-14-8-3-9-15-25)27(18-32(28)31)35-20-24-12-6-2-7-13-24/h1-15,26-27,29,33H,16-22H2/b30-28-/t26-,27-,29-/m1/s1. The number of amidine groups is 1. The van der Waals surface area contributed by atoms with Gasteiger partial charge in [0.25, 0.3) is 0 Å². The molecule has 0 amide bonds. The first-order valence-electron chi connectivity index (χ1n) is 12.5. The molecule has 7 heteroatoms. The van der Waals surface area contributed by atoms with Crippen molar-refractivity contribution in [2.45, 2.75) is 44.5 Å². The maximum absolute atomic E-state index is 9.64. The smallest absolute Gasteiger partial charge is 0.160 e. The first-order valence-corrected chi connectivity index (χ1v) is 12.5. The third kappa shape index (κ3) is 5.94. The van der Waals surface area contributed by atoms with Crippen molar-refractivity contribution in [1.82, 2.24) is 10.0 Å². The normalized spacial score (nSPS) is 23.2. The van der Waals surface area contributed by atoms with E-state index in [1.54, 1.807) is 0 Å². The summed E-state index contributed by atoms with van der Waals surface area (Å²) in [6.07, 6.45) is 0.215. The Morgan fingerprint density at radius 2 is 1.31 bits per heavy atom. The van der Waals surface area contributed by atoms with Crippen molar-refractivity contribution in [1.29, 1.82) is 0 Å². The molecule has 0 aliphatic carbocycles. The summed E-state index contributed by atoms with van der Waals surface area (Å²) >= 11 is 0. The second-order valence-corrected chi connectivity index (χ2v) is 9.18. The fraction of sp³-hybridized carbons (Fsp3) is 0.345. The first-order chi connectivity index (χ1) is 17.8. The molecule has 7 nitrogen and oxygen atoms in total. The molecular weight excluding hydrogens is 454 g/mol. The monoisotopic (exact) mass is 487 g/mol. The molecule has 0 bridgehead atoms. The van der Waals surface area contributed by atoms with E-state index in [4.69, 9.17) is 14.2 Å². The zero-order chi connectivity index (χ0) is 24.6. The minimum atomic E-state index is -0.231. The lowest BCUT2D eigenvalue weighted by Gasteiger charge is -2.48. The lowest BCUT2D eigenvalue weighted by Crippen LogP contribution is -2.65. The van der Waals surface area contributed by atoms with E-state index in [2.05, 4.69) is 46.6 Å². The van der Waals surface area contributed by atoms with Crippen molar-refractivity contribution in [3.05, 3.63) is 108 Å². The van der Waals surface area contributed by atoms with E-state index in [1.807, 2.05) is 59.6 Å². The van der Waals surface area contributed by atoms with Crippen molar-refractivity contribution < 1.29 is 19.4 Å². The predicted octanol–water partition coefficient (Wildman–Crippen LogP) is 4.47. The van der Waals surface area contributed by atoms with Crippen LogP contribution in [0.25, 0.3) is 0 Å². The summed E-state index contributed by atoms with van der Waals surface area (Å²) in [6, 6.07) is 30.4. The van der Waals surface area contributed by atoms with Gasteiger partial charge in [0.1, 0.15) is 12.2 Å². The highest BCUT2D eigenvalue weighted by atomic mass is 16.5. The Bertz CT molecular complexity index is 1100. The van der Waals surface area contributed by atoms with Gasteiger partial charge in [-0.15, -0.1) is 0 Å². The predicted molar refractivity (Wildman–Crippen MR) is 137 cm³/mol. The number of hydrazine groups is 1. The minimum absolute atomic E-state index is 0.0915. The van der Waals surface area contributed by atoms with Gasteiger partial charge in [-0.25, -0.2) is 5.01 Å². The van der Waals surface area contributed by atoms with E-state index in [1.165, 1.54) is 0 Å². The third-order valence-electron chi connectivity index (χ3n) is 6.76. The van der Waals surface area contributed by atoms with Crippen molar-refractivity contribution in [2.75, 3.05) is 19.7 Å². The number of hydrogen-bond donors (Lipinski definition) is 1. The average molecular weight is 488 g/mol. The third-order valence-corrected chi connectivity index (χ3v) is 6.76. The molecular formula is C29H33N3O4. The molecule has 2 heterocycles. The highest BCUT2D eigenvalue weighted by Gasteiger charge is 2.47. The highest BCUT2D eigenvalue weighted by molar-refractivity contribution is 5.83. The summed E-state index contributed by atoms with van der Waals surface area (Å²) in [7, 11) is 0. The Morgan fingerprint density at radius 1 is 0.750 bits per heavy atom. The number of oxime groups is 1. The molecule has 0 aromatic heterocycles. The van der Waals surface area contributed by atoms with Crippen LogP contribution in [0.4, 0.5) is 0 Å². The van der Waals surface area contributed by atoms with Crippen molar-refractivity contribution in [2.24, 2.45) is 5.16 Å². The van der Waals surface area contributed by atoms with Gasteiger partial charge in [0.2, 0.25) is 0 Å². The Morgan fingerprint density at radius 3 is 1.89 bits per heavy atom. The van der Waals surface area contributed by atoms with Crippen molar-refractivity contribution >= 4 is 5.84 Å². The molecule has 36 heavy (non-hydrogen) atoms. The summed E-state index contributed by atoms with van der Waals surface area (Å²) in [5, 5.41) is 17.5. The van der Waals surface area contributed by atoms with Gasteiger partial charge in [0, 0.05) is 13.0 Å². The Balaban J connectivity index is 1.36. The average Bonchev–Trinajstić information content (AvgIpc) is 3.35. The van der Waals surface area contributed by atoms with Gasteiger partial charge in [-0.3, -0.25) is 5.01 Å². The SMILES string of the molecule is O/N=C1/CCN2[C@H](COCc3ccccc3)[C@@H](OCc3ccccc3)[C@H](OCc3ccccc3)CN12. The largest absolute Gasteiger partial charge is 0.409 e. The van der Waals surface area contributed by atoms with Crippen LogP contribution in [0, 0.1) is 0 Å². The van der Waals surface area contributed by atoms with Crippen LogP contribution in [0.5, 0.6) is 0 Å². The quantitative estimate of drug-likeness (QED) is 0.336. The molecule has 2 aliphatic heterocycles. The van der Waals surface area contributed by atoms with Gasteiger partial charge < -0.3 is 19.4 Å². The molecule has 3 aromatic carbocycles. The maximum atomic E-state index is 9.64. The summed E-state index contributed by atoms with van der Waals surface area (Å²) in [6.45, 7) is 3.26. The zero-order valence-corrected chi connectivity index (χ0v) is 20.4. The molecule has 0 radical (unpaired) electrons. The van der Waals surface area contributed by atoms with E-state index >= 15 is 0 Å². The van der Waals surface area contributed by atoms with Gasteiger partial charge in [-0.1, -0.05) is 96.2 Å². The number of benzene rings is 3. The van der Waals surface area contributed by atoms with Gasteiger partial charge >= 0.3 is 0 Å². The molecule has 2 saturated heterocycles. The van der Waals surface area contributed by atoms with Crippen LogP contribution >= 0.6 is 0 Å². The molecule has 3 atom stereocenters. The Hall–Kier alpha value is -3.23.